The standard InChI is InChI=1S/C19H19N3OS/c1-12-5-8-16-17(9-12)22-19(21-16)24-11-18(23)20-15-7-6-13-3-2-4-14(13)10-15/h5-10H,2-4,11H2,1H3,(H,20,23)(H,21,22). The Morgan fingerprint density at radius 1 is 1.21 bits per heavy atom. The number of fused-ring (bicyclic) bond motifs is 2. The maximum Gasteiger partial charge on any atom is 0.234 e. The highest BCUT2D eigenvalue weighted by molar-refractivity contribution is 7.99. The van der Waals surface area contributed by atoms with Crippen LogP contribution in [-0.4, -0.2) is 21.6 Å². The minimum atomic E-state index is -0.00502. The molecule has 2 N–H and O–H groups in total. The summed E-state index contributed by atoms with van der Waals surface area (Å²) in [6.45, 7) is 2.05. The minimum absolute atomic E-state index is 0.00502. The van der Waals surface area contributed by atoms with Crippen molar-refractivity contribution in [3.8, 4) is 0 Å². The number of imidazole rings is 1. The van der Waals surface area contributed by atoms with Crippen LogP contribution in [0.1, 0.15) is 23.1 Å². The van der Waals surface area contributed by atoms with Crippen LogP contribution in [0.5, 0.6) is 0 Å². The lowest BCUT2D eigenvalue weighted by Crippen LogP contribution is -2.14. The molecule has 1 aliphatic rings. The molecular weight excluding hydrogens is 318 g/mol. The first kappa shape index (κ1) is 15.3. The molecule has 1 heterocycles. The van der Waals surface area contributed by atoms with Gasteiger partial charge in [-0.3, -0.25) is 4.79 Å². The fourth-order valence-electron chi connectivity index (χ4n) is 3.15. The van der Waals surface area contributed by atoms with Crippen LogP contribution in [0.25, 0.3) is 11.0 Å². The van der Waals surface area contributed by atoms with Crippen molar-refractivity contribution < 1.29 is 4.79 Å². The van der Waals surface area contributed by atoms with E-state index in [1.165, 1.54) is 34.9 Å². The number of hydrogen-bond acceptors (Lipinski definition) is 3. The molecule has 4 rings (SSSR count). The van der Waals surface area contributed by atoms with Gasteiger partial charge in [0.15, 0.2) is 5.16 Å². The number of amides is 1. The molecule has 0 bridgehead atoms. The van der Waals surface area contributed by atoms with Crippen LogP contribution in [0.2, 0.25) is 0 Å². The van der Waals surface area contributed by atoms with Gasteiger partial charge in [-0.25, -0.2) is 4.98 Å². The Morgan fingerprint density at radius 2 is 2.08 bits per heavy atom. The molecule has 0 saturated heterocycles. The van der Waals surface area contributed by atoms with Crippen molar-refractivity contribution >= 4 is 34.4 Å². The van der Waals surface area contributed by atoms with Crippen molar-refractivity contribution in [1.29, 1.82) is 0 Å². The Morgan fingerprint density at radius 3 is 3.00 bits per heavy atom. The van der Waals surface area contributed by atoms with Crippen molar-refractivity contribution in [3.05, 3.63) is 53.1 Å². The summed E-state index contributed by atoms with van der Waals surface area (Å²) in [6.07, 6.45) is 3.49. The molecule has 0 radical (unpaired) electrons. The molecular formula is C19H19N3OS. The molecule has 1 aliphatic carbocycles. The van der Waals surface area contributed by atoms with Gasteiger partial charge < -0.3 is 10.3 Å². The zero-order chi connectivity index (χ0) is 16.5. The fraction of sp³-hybridized carbons (Fsp3) is 0.263. The average molecular weight is 337 g/mol. The van der Waals surface area contributed by atoms with E-state index >= 15 is 0 Å². The number of carbonyl (C=O) groups is 1. The van der Waals surface area contributed by atoms with Gasteiger partial charge in [-0.05, 0) is 67.1 Å². The Bertz CT molecular complexity index is 916. The lowest BCUT2D eigenvalue weighted by Gasteiger charge is -2.06. The fourth-order valence-corrected chi connectivity index (χ4v) is 3.83. The van der Waals surface area contributed by atoms with E-state index in [9.17, 15) is 4.79 Å². The molecule has 0 unspecified atom stereocenters. The van der Waals surface area contributed by atoms with E-state index in [2.05, 4.69) is 40.4 Å². The van der Waals surface area contributed by atoms with Crippen LogP contribution < -0.4 is 5.32 Å². The first-order chi connectivity index (χ1) is 11.7. The molecule has 0 spiro atoms. The molecule has 122 valence electrons. The molecule has 0 fully saturated rings. The largest absolute Gasteiger partial charge is 0.333 e. The number of nitrogens with one attached hydrogen (secondary N) is 2. The number of anilines is 1. The molecule has 2 aromatic carbocycles. The Balaban J connectivity index is 1.39. The summed E-state index contributed by atoms with van der Waals surface area (Å²) < 4.78 is 0. The summed E-state index contributed by atoms with van der Waals surface area (Å²) in [7, 11) is 0. The Labute approximate surface area is 145 Å². The number of aromatic nitrogens is 2. The molecule has 3 aromatic rings. The van der Waals surface area contributed by atoms with E-state index < -0.39 is 0 Å². The Hall–Kier alpha value is -2.27. The van der Waals surface area contributed by atoms with E-state index in [1.54, 1.807) is 0 Å². The number of aromatic amines is 1. The second-order valence-electron chi connectivity index (χ2n) is 6.24. The quantitative estimate of drug-likeness (QED) is 0.705. The van der Waals surface area contributed by atoms with E-state index in [-0.39, 0.29) is 5.91 Å². The van der Waals surface area contributed by atoms with Gasteiger partial charge >= 0.3 is 0 Å². The maximum atomic E-state index is 12.2. The number of aryl methyl sites for hydroxylation is 3. The number of hydrogen-bond donors (Lipinski definition) is 2. The number of H-pyrrole nitrogens is 1. The zero-order valence-electron chi connectivity index (χ0n) is 13.6. The Kier molecular flexibility index (Phi) is 4.02. The topological polar surface area (TPSA) is 57.8 Å². The summed E-state index contributed by atoms with van der Waals surface area (Å²) in [6, 6.07) is 12.3. The summed E-state index contributed by atoms with van der Waals surface area (Å²) >= 11 is 1.43. The predicted octanol–water partition coefficient (Wildman–Crippen LogP) is 4.09. The highest BCUT2D eigenvalue weighted by atomic mass is 32.2. The van der Waals surface area contributed by atoms with Gasteiger partial charge in [0.25, 0.3) is 0 Å². The SMILES string of the molecule is Cc1ccc2nc(SCC(=O)Nc3ccc4c(c3)CCC4)[nH]c2c1. The van der Waals surface area contributed by atoms with E-state index in [0.29, 0.717) is 5.75 Å². The molecule has 0 atom stereocenters. The van der Waals surface area contributed by atoms with Crippen LogP contribution >= 0.6 is 11.8 Å². The lowest BCUT2D eigenvalue weighted by atomic mass is 10.1. The highest BCUT2D eigenvalue weighted by Crippen LogP contribution is 2.25. The van der Waals surface area contributed by atoms with Crippen molar-refractivity contribution in [1.82, 2.24) is 9.97 Å². The first-order valence-corrected chi connectivity index (χ1v) is 9.17. The van der Waals surface area contributed by atoms with E-state index in [0.717, 1.165) is 34.7 Å². The average Bonchev–Trinajstić information content (AvgIpc) is 3.18. The molecule has 0 saturated carbocycles. The number of thioether (sulfide) groups is 1. The first-order valence-electron chi connectivity index (χ1n) is 8.18. The number of benzene rings is 2. The van der Waals surface area contributed by atoms with Crippen molar-refractivity contribution in [2.24, 2.45) is 0 Å². The van der Waals surface area contributed by atoms with Crippen LogP contribution in [0.15, 0.2) is 41.6 Å². The molecule has 1 amide bonds. The zero-order valence-corrected chi connectivity index (χ0v) is 14.4. The van der Waals surface area contributed by atoms with Crippen LogP contribution in [0, 0.1) is 6.92 Å². The van der Waals surface area contributed by atoms with Crippen LogP contribution in [-0.2, 0) is 17.6 Å². The number of carbonyl (C=O) groups excluding carboxylic acids is 1. The third-order valence-electron chi connectivity index (χ3n) is 4.34. The van der Waals surface area contributed by atoms with Gasteiger partial charge in [0, 0.05) is 5.69 Å². The van der Waals surface area contributed by atoms with Gasteiger partial charge in [-0.1, -0.05) is 23.9 Å². The molecule has 24 heavy (non-hydrogen) atoms. The summed E-state index contributed by atoms with van der Waals surface area (Å²) in [4.78, 5) is 20.0. The van der Waals surface area contributed by atoms with E-state index in [4.69, 9.17) is 0 Å². The molecule has 0 aliphatic heterocycles. The van der Waals surface area contributed by atoms with Gasteiger partial charge in [0.2, 0.25) is 5.91 Å². The van der Waals surface area contributed by atoms with Crippen LogP contribution in [0.4, 0.5) is 5.69 Å². The normalized spacial score (nSPS) is 13.2. The smallest absolute Gasteiger partial charge is 0.234 e. The lowest BCUT2D eigenvalue weighted by molar-refractivity contribution is -0.113. The summed E-state index contributed by atoms with van der Waals surface area (Å²) in [5.41, 5.74) is 6.81. The molecule has 4 nitrogen and oxygen atoms in total. The molecule has 5 heteroatoms. The van der Waals surface area contributed by atoms with Crippen LogP contribution in [0.3, 0.4) is 0 Å². The summed E-state index contributed by atoms with van der Waals surface area (Å²) in [5, 5.41) is 3.76. The van der Waals surface area contributed by atoms with Crippen molar-refractivity contribution in [3.63, 3.8) is 0 Å². The highest BCUT2D eigenvalue weighted by Gasteiger charge is 2.12. The number of nitrogens with zero attached hydrogens (tertiary/aromatic N) is 1. The third-order valence-corrected chi connectivity index (χ3v) is 5.21. The monoisotopic (exact) mass is 337 g/mol. The second-order valence-corrected chi connectivity index (χ2v) is 7.20. The summed E-state index contributed by atoms with van der Waals surface area (Å²) in [5.74, 6) is 0.338. The number of rotatable bonds is 4. The van der Waals surface area contributed by atoms with Gasteiger partial charge in [0.05, 0.1) is 16.8 Å². The third kappa shape index (κ3) is 3.17. The molecule has 1 aromatic heterocycles. The van der Waals surface area contributed by atoms with Crippen molar-refractivity contribution in [2.75, 3.05) is 11.1 Å². The van der Waals surface area contributed by atoms with Gasteiger partial charge in [-0.15, -0.1) is 0 Å². The predicted molar refractivity (Wildman–Crippen MR) is 98.7 cm³/mol. The minimum Gasteiger partial charge on any atom is -0.333 e. The van der Waals surface area contributed by atoms with Gasteiger partial charge in [0.1, 0.15) is 0 Å². The van der Waals surface area contributed by atoms with Crippen molar-refractivity contribution in [2.45, 2.75) is 31.3 Å². The maximum absolute atomic E-state index is 12.2. The van der Waals surface area contributed by atoms with Gasteiger partial charge in [-0.2, -0.15) is 0 Å². The second kappa shape index (κ2) is 6.32. The van der Waals surface area contributed by atoms with E-state index in [1.807, 2.05) is 18.2 Å².